The van der Waals surface area contributed by atoms with Crippen LogP contribution in [0, 0.1) is 10.1 Å². The molecule has 1 amide bonds. The summed E-state index contributed by atoms with van der Waals surface area (Å²) < 4.78 is 5.29. The molecule has 0 aliphatic rings. The highest BCUT2D eigenvalue weighted by Crippen LogP contribution is 2.33. The fourth-order valence-electron chi connectivity index (χ4n) is 2.11. The van der Waals surface area contributed by atoms with Crippen LogP contribution in [-0.4, -0.2) is 28.1 Å². The van der Waals surface area contributed by atoms with E-state index in [0.717, 1.165) is 5.56 Å². The summed E-state index contributed by atoms with van der Waals surface area (Å²) in [6, 6.07) is 12.7. The zero-order chi connectivity index (χ0) is 17.8. The minimum atomic E-state index is -0.522. The summed E-state index contributed by atoms with van der Waals surface area (Å²) in [4.78, 5) is 22.3. The highest BCUT2D eigenvalue weighted by molar-refractivity contribution is 7.18. The molecule has 3 aromatic rings. The summed E-state index contributed by atoms with van der Waals surface area (Å²) >= 11 is 1.20. The fourth-order valence-corrected chi connectivity index (χ4v) is 2.88. The van der Waals surface area contributed by atoms with Gasteiger partial charge in [0.2, 0.25) is 5.13 Å². The number of non-ortho nitro benzene ring substituents is 1. The van der Waals surface area contributed by atoms with Crippen LogP contribution >= 0.6 is 11.3 Å². The molecule has 2 aromatic carbocycles. The number of ether oxygens (including phenoxy) is 1. The maximum Gasteiger partial charge on any atom is 0.269 e. The third-order valence-corrected chi connectivity index (χ3v) is 4.20. The minimum Gasteiger partial charge on any atom is -0.496 e. The number of para-hydroxylation sites is 1. The van der Waals surface area contributed by atoms with Crippen LogP contribution in [0.5, 0.6) is 5.75 Å². The summed E-state index contributed by atoms with van der Waals surface area (Å²) in [5.41, 5.74) is 0.990. The Labute approximate surface area is 146 Å². The van der Waals surface area contributed by atoms with Crippen LogP contribution in [0.4, 0.5) is 10.8 Å². The van der Waals surface area contributed by atoms with E-state index < -0.39 is 10.8 Å². The Morgan fingerprint density at radius 3 is 2.56 bits per heavy atom. The van der Waals surface area contributed by atoms with Gasteiger partial charge in [0.25, 0.3) is 11.6 Å². The Morgan fingerprint density at radius 1 is 1.16 bits per heavy atom. The number of nitrogens with zero attached hydrogens (tertiary/aromatic N) is 3. The maximum absolute atomic E-state index is 12.2. The first-order valence-corrected chi connectivity index (χ1v) is 7.93. The van der Waals surface area contributed by atoms with Crippen LogP contribution in [0.15, 0.2) is 48.5 Å². The predicted octanol–water partition coefficient (Wildman–Crippen LogP) is 3.37. The molecule has 0 radical (unpaired) electrons. The van der Waals surface area contributed by atoms with E-state index in [1.807, 2.05) is 24.3 Å². The summed E-state index contributed by atoms with van der Waals surface area (Å²) in [6.07, 6.45) is 0. The second kappa shape index (κ2) is 7.05. The molecule has 1 N–H and O–H groups in total. The Morgan fingerprint density at radius 2 is 1.88 bits per heavy atom. The molecule has 0 bridgehead atoms. The van der Waals surface area contributed by atoms with Crippen LogP contribution in [0.25, 0.3) is 10.6 Å². The SMILES string of the molecule is COc1ccccc1-c1nnc(NC(=O)c2ccc([N+](=O)[O-])cc2)s1. The van der Waals surface area contributed by atoms with Crippen LogP contribution in [0.1, 0.15) is 10.4 Å². The fraction of sp³-hybridized carbons (Fsp3) is 0.0625. The van der Waals surface area contributed by atoms with Gasteiger partial charge in [0.05, 0.1) is 17.6 Å². The molecule has 0 atom stereocenters. The number of rotatable bonds is 5. The molecular weight excluding hydrogens is 344 g/mol. The molecule has 3 rings (SSSR count). The van der Waals surface area contributed by atoms with Crippen molar-refractivity contribution in [1.29, 1.82) is 0 Å². The first-order chi connectivity index (χ1) is 12.1. The van der Waals surface area contributed by atoms with Gasteiger partial charge in [-0.15, -0.1) is 10.2 Å². The molecule has 0 spiro atoms. The van der Waals surface area contributed by atoms with E-state index in [4.69, 9.17) is 4.74 Å². The summed E-state index contributed by atoms with van der Waals surface area (Å²) in [5.74, 6) is 0.240. The lowest BCUT2D eigenvalue weighted by atomic mass is 10.2. The van der Waals surface area contributed by atoms with E-state index in [-0.39, 0.29) is 5.69 Å². The number of benzene rings is 2. The Hall–Kier alpha value is -3.33. The Kier molecular flexibility index (Phi) is 4.66. The topological polar surface area (TPSA) is 107 Å². The summed E-state index contributed by atoms with van der Waals surface area (Å²) in [7, 11) is 1.57. The van der Waals surface area contributed by atoms with Crippen molar-refractivity contribution in [2.75, 3.05) is 12.4 Å². The molecular formula is C16H12N4O4S. The van der Waals surface area contributed by atoms with Crippen molar-refractivity contribution in [3.05, 3.63) is 64.2 Å². The van der Waals surface area contributed by atoms with Gasteiger partial charge < -0.3 is 4.74 Å². The lowest BCUT2D eigenvalue weighted by Gasteiger charge is -2.03. The number of amides is 1. The normalized spacial score (nSPS) is 10.3. The zero-order valence-corrected chi connectivity index (χ0v) is 13.8. The smallest absolute Gasteiger partial charge is 0.269 e. The standard InChI is InChI=1S/C16H12N4O4S/c1-24-13-5-3-2-4-12(13)15-18-19-16(25-15)17-14(21)10-6-8-11(9-7-10)20(22)23/h2-9H,1H3,(H,17,19,21). The van der Waals surface area contributed by atoms with E-state index in [0.29, 0.717) is 21.5 Å². The van der Waals surface area contributed by atoms with Crippen LogP contribution in [-0.2, 0) is 0 Å². The van der Waals surface area contributed by atoms with E-state index in [9.17, 15) is 14.9 Å². The van der Waals surface area contributed by atoms with Crippen molar-refractivity contribution in [2.45, 2.75) is 0 Å². The molecule has 0 saturated heterocycles. The minimum absolute atomic E-state index is 0.0778. The molecule has 1 aromatic heterocycles. The lowest BCUT2D eigenvalue weighted by Crippen LogP contribution is -2.11. The van der Waals surface area contributed by atoms with Gasteiger partial charge >= 0.3 is 0 Å². The number of aromatic nitrogens is 2. The van der Waals surface area contributed by atoms with Crippen molar-refractivity contribution >= 4 is 28.1 Å². The molecule has 9 heteroatoms. The highest BCUT2D eigenvalue weighted by Gasteiger charge is 2.14. The first-order valence-electron chi connectivity index (χ1n) is 7.11. The number of nitrogens with one attached hydrogen (secondary N) is 1. The Bertz CT molecular complexity index is 924. The molecule has 126 valence electrons. The Balaban J connectivity index is 1.77. The number of methoxy groups -OCH3 is 1. The molecule has 1 heterocycles. The molecule has 0 aliphatic carbocycles. The van der Waals surface area contributed by atoms with E-state index in [1.165, 1.54) is 35.6 Å². The number of nitro benzene ring substituents is 1. The van der Waals surface area contributed by atoms with Crippen molar-refractivity contribution in [1.82, 2.24) is 10.2 Å². The molecule has 0 fully saturated rings. The lowest BCUT2D eigenvalue weighted by molar-refractivity contribution is -0.384. The highest BCUT2D eigenvalue weighted by atomic mass is 32.1. The van der Waals surface area contributed by atoms with Gasteiger partial charge in [-0.1, -0.05) is 23.5 Å². The molecule has 8 nitrogen and oxygen atoms in total. The van der Waals surface area contributed by atoms with Crippen LogP contribution in [0.3, 0.4) is 0 Å². The predicted molar refractivity (Wildman–Crippen MR) is 92.9 cm³/mol. The van der Waals surface area contributed by atoms with Crippen LogP contribution < -0.4 is 10.1 Å². The van der Waals surface area contributed by atoms with Crippen LogP contribution in [0.2, 0.25) is 0 Å². The van der Waals surface area contributed by atoms with Crippen molar-refractivity contribution < 1.29 is 14.5 Å². The third kappa shape index (κ3) is 3.61. The second-order valence-corrected chi connectivity index (χ2v) is 5.85. The number of nitro groups is 1. The van der Waals surface area contributed by atoms with Gasteiger partial charge in [0.1, 0.15) is 5.75 Å². The number of hydrogen-bond donors (Lipinski definition) is 1. The quantitative estimate of drug-likeness (QED) is 0.555. The largest absolute Gasteiger partial charge is 0.496 e. The van der Waals surface area contributed by atoms with Gasteiger partial charge in [-0.25, -0.2) is 0 Å². The van der Waals surface area contributed by atoms with E-state index in [1.54, 1.807) is 7.11 Å². The second-order valence-electron chi connectivity index (χ2n) is 4.87. The maximum atomic E-state index is 12.2. The van der Waals surface area contributed by atoms with Gasteiger partial charge in [-0.3, -0.25) is 20.2 Å². The van der Waals surface area contributed by atoms with Gasteiger partial charge in [0.15, 0.2) is 5.01 Å². The average Bonchev–Trinajstić information content (AvgIpc) is 3.10. The summed E-state index contributed by atoms with van der Waals surface area (Å²) in [6.45, 7) is 0. The zero-order valence-electron chi connectivity index (χ0n) is 13.0. The van der Waals surface area contributed by atoms with E-state index in [2.05, 4.69) is 15.5 Å². The summed E-state index contributed by atoms with van der Waals surface area (Å²) in [5, 5.41) is 22.2. The number of carbonyl (C=O) groups excluding carboxylic acids is 1. The number of carbonyl (C=O) groups is 1. The molecule has 0 saturated carbocycles. The third-order valence-electron chi connectivity index (χ3n) is 3.32. The number of hydrogen-bond acceptors (Lipinski definition) is 7. The first kappa shape index (κ1) is 16.5. The molecule has 25 heavy (non-hydrogen) atoms. The van der Waals surface area contributed by atoms with Gasteiger partial charge in [-0.05, 0) is 24.3 Å². The average molecular weight is 356 g/mol. The van der Waals surface area contributed by atoms with Crippen molar-refractivity contribution in [3.8, 4) is 16.3 Å². The molecule has 0 unspecified atom stereocenters. The van der Waals surface area contributed by atoms with Crippen molar-refractivity contribution in [2.24, 2.45) is 0 Å². The monoisotopic (exact) mass is 356 g/mol. The van der Waals surface area contributed by atoms with Gasteiger partial charge in [0, 0.05) is 17.7 Å². The van der Waals surface area contributed by atoms with Gasteiger partial charge in [-0.2, -0.15) is 0 Å². The van der Waals surface area contributed by atoms with E-state index >= 15 is 0 Å². The molecule has 0 aliphatic heterocycles. The van der Waals surface area contributed by atoms with Crippen molar-refractivity contribution in [3.63, 3.8) is 0 Å². The number of anilines is 1.